The number of aryl methyl sites for hydroxylation is 1. The van der Waals surface area contributed by atoms with E-state index in [9.17, 15) is 4.79 Å². The summed E-state index contributed by atoms with van der Waals surface area (Å²) < 4.78 is 0. The van der Waals surface area contributed by atoms with Crippen LogP contribution in [0.3, 0.4) is 0 Å². The summed E-state index contributed by atoms with van der Waals surface area (Å²) in [5.41, 5.74) is 1.27. The highest BCUT2D eigenvalue weighted by molar-refractivity contribution is 5.92. The molecule has 7 heteroatoms. The molecule has 0 aromatic carbocycles. The second kappa shape index (κ2) is 8.21. The third-order valence-electron chi connectivity index (χ3n) is 4.02. The van der Waals surface area contributed by atoms with Crippen molar-refractivity contribution >= 4 is 11.9 Å². The van der Waals surface area contributed by atoms with Gasteiger partial charge in [-0.25, -0.2) is 9.97 Å². The molecule has 2 heterocycles. The summed E-state index contributed by atoms with van der Waals surface area (Å²) in [4.78, 5) is 27.8. The first-order valence-corrected chi connectivity index (χ1v) is 8.25. The maximum absolute atomic E-state index is 12.3. The Kier molecular flexibility index (Phi) is 6.29. The van der Waals surface area contributed by atoms with Gasteiger partial charge in [0.1, 0.15) is 5.69 Å². The molecular weight excluding hydrogens is 292 g/mol. The minimum atomic E-state index is -0.134. The molecular formula is C16H28N6O. The highest BCUT2D eigenvalue weighted by Crippen LogP contribution is 2.13. The number of amides is 1. The van der Waals surface area contributed by atoms with Gasteiger partial charge in [-0.1, -0.05) is 6.92 Å². The minimum Gasteiger partial charge on any atom is -0.349 e. The Bertz CT molecular complexity index is 525. The lowest BCUT2D eigenvalue weighted by atomic mass is 10.3. The molecule has 0 aliphatic carbocycles. The fourth-order valence-corrected chi connectivity index (χ4v) is 2.56. The van der Waals surface area contributed by atoms with Crippen molar-refractivity contribution in [3.63, 3.8) is 0 Å². The molecule has 23 heavy (non-hydrogen) atoms. The van der Waals surface area contributed by atoms with Crippen molar-refractivity contribution in [1.82, 2.24) is 25.1 Å². The number of rotatable bonds is 6. The van der Waals surface area contributed by atoms with Gasteiger partial charge in [0.2, 0.25) is 5.95 Å². The molecule has 128 valence electrons. The van der Waals surface area contributed by atoms with Crippen LogP contribution < -0.4 is 10.2 Å². The summed E-state index contributed by atoms with van der Waals surface area (Å²) in [6.07, 6.45) is 0. The lowest BCUT2D eigenvalue weighted by Gasteiger charge is -2.34. The molecule has 1 amide bonds. The molecule has 1 aromatic heterocycles. The molecule has 2 rings (SSSR count). The Morgan fingerprint density at radius 1 is 1.26 bits per heavy atom. The van der Waals surface area contributed by atoms with E-state index < -0.39 is 0 Å². The third-order valence-corrected chi connectivity index (χ3v) is 4.02. The normalized spacial score (nSPS) is 16.0. The molecule has 1 aliphatic rings. The first-order valence-electron chi connectivity index (χ1n) is 8.25. The van der Waals surface area contributed by atoms with Crippen LogP contribution >= 0.6 is 0 Å². The van der Waals surface area contributed by atoms with Crippen LogP contribution in [-0.2, 0) is 0 Å². The van der Waals surface area contributed by atoms with Gasteiger partial charge in [-0.2, -0.15) is 0 Å². The van der Waals surface area contributed by atoms with Gasteiger partial charge in [0.15, 0.2) is 0 Å². The minimum absolute atomic E-state index is 0.134. The van der Waals surface area contributed by atoms with Crippen molar-refractivity contribution in [2.75, 3.05) is 64.8 Å². The Balaban J connectivity index is 2.02. The molecule has 0 spiro atoms. The van der Waals surface area contributed by atoms with Crippen molar-refractivity contribution in [2.45, 2.75) is 13.8 Å². The first-order chi connectivity index (χ1) is 11.0. The number of nitrogens with zero attached hydrogens (tertiary/aromatic N) is 5. The summed E-state index contributed by atoms with van der Waals surface area (Å²) in [5, 5.41) is 2.91. The largest absolute Gasteiger partial charge is 0.349 e. The van der Waals surface area contributed by atoms with Crippen LogP contribution in [0.2, 0.25) is 0 Å². The monoisotopic (exact) mass is 320 g/mol. The Labute approximate surface area is 138 Å². The standard InChI is InChI=1S/C16H28N6O/c1-5-21-8-10-22(11-9-21)16-18-13(2)12-14(19-16)15(23)17-6-7-20(3)4/h12H,5-11H2,1-4H3,(H,17,23). The topological polar surface area (TPSA) is 64.6 Å². The highest BCUT2D eigenvalue weighted by atomic mass is 16.1. The quantitative estimate of drug-likeness (QED) is 0.809. The number of hydrogen-bond donors (Lipinski definition) is 1. The molecule has 0 bridgehead atoms. The fourth-order valence-electron chi connectivity index (χ4n) is 2.56. The lowest BCUT2D eigenvalue weighted by Crippen LogP contribution is -2.47. The van der Waals surface area contributed by atoms with Gasteiger partial charge >= 0.3 is 0 Å². The van der Waals surface area contributed by atoms with Gasteiger partial charge in [0, 0.05) is 45.0 Å². The SMILES string of the molecule is CCN1CCN(c2nc(C)cc(C(=O)NCCN(C)C)n2)CC1. The Hall–Kier alpha value is -1.73. The Morgan fingerprint density at radius 2 is 1.96 bits per heavy atom. The van der Waals surface area contributed by atoms with Crippen molar-refractivity contribution in [3.8, 4) is 0 Å². The maximum atomic E-state index is 12.3. The average molecular weight is 320 g/mol. The molecule has 0 atom stereocenters. The van der Waals surface area contributed by atoms with Crippen LogP contribution in [0, 0.1) is 6.92 Å². The molecule has 0 radical (unpaired) electrons. The summed E-state index contributed by atoms with van der Waals surface area (Å²) in [7, 11) is 3.96. The van der Waals surface area contributed by atoms with Gasteiger partial charge in [-0.05, 0) is 33.6 Å². The van der Waals surface area contributed by atoms with Crippen molar-refractivity contribution in [2.24, 2.45) is 0 Å². The van der Waals surface area contributed by atoms with Crippen LogP contribution in [-0.4, -0.2) is 85.6 Å². The number of hydrogen-bond acceptors (Lipinski definition) is 6. The number of piperazine rings is 1. The predicted molar refractivity (Wildman–Crippen MR) is 92.0 cm³/mol. The van der Waals surface area contributed by atoms with Crippen molar-refractivity contribution in [1.29, 1.82) is 0 Å². The van der Waals surface area contributed by atoms with E-state index in [4.69, 9.17) is 0 Å². The predicted octanol–water partition coefficient (Wildman–Crippen LogP) is 0.218. The van der Waals surface area contributed by atoms with E-state index in [0.29, 0.717) is 18.2 Å². The van der Waals surface area contributed by atoms with Crippen molar-refractivity contribution < 1.29 is 4.79 Å². The zero-order valence-corrected chi connectivity index (χ0v) is 14.7. The number of aromatic nitrogens is 2. The van der Waals surface area contributed by atoms with Crippen molar-refractivity contribution in [3.05, 3.63) is 17.5 Å². The van der Waals surface area contributed by atoms with Crippen LogP contribution in [0.25, 0.3) is 0 Å². The third kappa shape index (κ3) is 5.14. The molecule has 0 saturated carbocycles. The van der Waals surface area contributed by atoms with Crippen LogP contribution in [0.1, 0.15) is 23.1 Å². The second-order valence-corrected chi connectivity index (χ2v) is 6.18. The lowest BCUT2D eigenvalue weighted by molar-refractivity contribution is 0.0946. The number of anilines is 1. The molecule has 1 N–H and O–H groups in total. The zero-order chi connectivity index (χ0) is 16.8. The number of carbonyl (C=O) groups excluding carboxylic acids is 1. The van der Waals surface area contributed by atoms with Gasteiger partial charge in [-0.3, -0.25) is 4.79 Å². The van der Waals surface area contributed by atoms with Crippen LogP contribution in [0.15, 0.2) is 6.07 Å². The highest BCUT2D eigenvalue weighted by Gasteiger charge is 2.19. The number of carbonyl (C=O) groups is 1. The van der Waals surface area contributed by atoms with E-state index >= 15 is 0 Å². The average Bonchev–Trinajstić information content (AvgIpc) is 2.54. The molecule has 1 aromatic rings. The zero-order valence-electron chi connectivity index (χ0n) is 14.7. The molecule has 7 nitrogen and oxygen atoms in total. The summed E-state index contributed by atoms with van der Waals surface area (Å²) in [6, 6.07) is 1.75. The molecule has 1 aliphatic heterocycles. The van der Waals surface area contributed by atoms with E-state index in [2.05, 4.69) is 32.0 Å². The number of nitrogens with one attached hydrogen (secondary N) is 1. The van der Waals surface area contributed by atoms with E-state index in [1.807, 2.05) is 25.9 Å². The summed E-state index contributed by atoms with van der Waals surface area (Å²) in [5.74, 6) is 0.532. The summed E-state index contributed by atoms with van der Waals surface area (Å²) >= 11 is 0. The van der Waals surface area contributed by atoms with Gasteiger partial charge in [0.25, 0.3) is 5.91 Å². The summed E-state index contributed by atoms with van der Waals surface area (Å²) in [6.45, 7) is 10.4. The molecule has 1 fully saturated rings. The van der Waals surface area contributed by atoms with E-state index in [-0.39, 0.29) is 5.91 Å². The Morgan fingerprint density at radius 3 is 2.57 bits per heavy atom. The molecule has 0 unspecified atom stereocenters. The maximum Gasteiger partial charge on any atom is 0.270 e. The van der Waals surface area contributed by atoms with E-state index in [1.54, 1.807) is 6.07 Å². The van der Waals surface area contributed by atoms with Crippen LogP contribution in [0.5, 0.6) is 0 Å². The van der Waals surface area contributed by atoms with Crippen LogP contribution in [0.4, 0.5) is 5.95 Å². The van der Waals surface area contributed by atoms with Gasteiger partial charge < -0.3 is 20.0 Å². The van der Waals surface area contributed by atoms with E-state index in [0.717, 1.165) is 45.0 Å². The van der Waals surface area contributed by atoms with Gasteiger partial charge in [-0.15, -0.1) is 0 Å². The smallest absolute Gasteiger partial charge is 0.270 e. The number of likely N-dealkylation sites (N-methyl/N-ethyl adjacent to an activating group) is 2. The van der Waals surface area contributed by atoms with Gasteiger partial charge in [0.05, 0.1) is 0 Å². The van der Waals surface area contributed by atoms with E-state index in [1.165, 1.54) is 0 Å². The first kappa shape index (κ1) is 17.6. The fraction of sp³-hybridized carbons (Fsp3) is 0.688. The second-order valence-electron chi connectivity index (χ2n) is 6.18. The molecule has 1 saturated heterocycles.